The van der Waals surface area contributed by atoms with Gasteiger partial charge >= 0.3 is 0 Å². The van der Waals surface area contributed by atoms with Crippen LogP contribution in [0.25, 0.3) is 0 Å². The Morgan fingerprint density at radius 3 is 2.28 bits per heavy atom. The lowest BCUT2D eigenvalue weighted by Gasteiger charge is -2.54. The number of sulfone groups is 1. The van der Waals surface area contributed by atoms with Gasteiger partial charge in [0.15, 0.2) is 9.84 Å². The molecule has 1 aromatic rings. The van der Waals surface area contributed by atoms with E-state index >= 15 is 0 Å². The first-order chi connectivity index (χ1) is 8.47. The second-order valence-corrected chi connectivity index (χ2v) is 8.01. The van der Waals surface area contributed by atoms with Crippen LogP contribution in [0.5, 0.6) is 0 Å². The molecule has 0 unspecified atom stereocenters. The molecule has 2 aliphatic rings. The molecule has 0 bridgehead atoms. The van der Waals surface area contributed by atoms with E-state index in [0.717, 1.165) is 12.3 Å². The first kappa shape index (κ1) is 12.2. The number of rotatable bonds is 3. The molecule has 1 aliphatic heterocycles. The summed E-state index contributed by atoms with van der Waals surface area (Å²) in [5.74, 6) is 0.788. The van der Waals surface area contributed by atoms with Gasteiger partial charge < -0.3 is 5.32 Å². The lowest BCUT2D eigenvalue weighted by molar-refractivity contribution is 0.000889. The van der Waals surface area contributed by atoms with Gasteiger partial charge in [-0.3, -0.25) is 0 Å². The average Bonchev–Trinajstić information content (AvgIpc) is 2.19. The van der Waals surface area contributed by atoms with Crippen molar-refractivity contribution in [2.45, 2.75) is 24.2 Å². The highest BCUT2D eigenvalue weighted by Crippen LogP contribution is 2.49. The predicted octanol–water partition coefficient (Wildman–Crippen LogP) is 1.63. The zero-order valence-electron chi connectivity index (χ0n) is 10.6. The zero-order chi connectivity index (χ0) is 12.8. The molecule has 0 amide bonds. The minimum atomic E-state index is -3.06. The third-order valence-corrected chi connectivity index (χ3v) is 5.45. The van der Waals surface area contributed by atoms with E-state index in [9.17, 15) is 8.42 Å². The maximum absolute atomic E-state index is 11.4. The highest BCUT2D eigenvalue weighted by atomic mass is 32.2. The third-order valence-electron chi connectivity index (χ3n) is 4.32. The van der Waals surface area contributed by atoms with Crippen LogP contribution < -0.4 is 5.32 Å². The van der Waals surface area contributed by atoms with Gasteiger partial charge in [0.05, 0.1) is 4.90 Å². The standard InChI is InChI=1S/C14H19NO2S/c1-18(16,17)13-4-2-11(3-5-13)6-12-7-14(8-12)9-15-10-14/h2-5,12,15H,6-10H2,1H3. The Morgan fingerprint density at radius 2 is 1.83 bits per heavy atom. The van der Waals surface area contributed by atoms with Gasteiger partial charge in [0.25, 0.3) is 0 Å². The van der Waals surface area contributed by atoms with Crippen molar-refractivity contribution in [3.8, 4) is 0 Å². The van der Waals surface area contributed by atoms with Crippen LogP contribution in [0.4, 0.5) is 0 Å². The molecule has 98 valence electrons. The van der Waals surface area contributed by atoms with E-state index in [1.54, 1.807) is 12.1 Å². The van der Waals surface area contributed by atoms with E-state index in [1.807, 2.05) is 12.1 Å². The van der Waals surface area contributed by atoms with Crippen molar-refractivity contribution < 1.29 is 8.42 Å². The van der Waals surface area contributed by atoms with E-state index in [2.05, 4.69) is 5.32 Å². The summed E-state index contributed by atoms with van der Waals surface area (Å²) in [7, 11) is -3.06. The van der Waals surface area contributed by atoms with E-state index in [-0.39, 0.29) is 0 Å². The Bertz CT molecular complexity index is 536. The number of benzene rings is 1. The van der Waals surface area contributed by atoms with Crippen LogP contribution in [0.1, 0.15) is 18.4 Å². The molecule has 1 N–H and O–H groups in total. The fraction of sp³-hybridized carbons (Fsp3) is 0.571. The van der Waals surface area contributed by atoms with E-state index in [4.69, 9.17) is 0 Å². The first-order valence-electron chi connectivity index (χ1n) is 6.47. The summed E-state index contributed by atoms with van der Waals surface area (Å²) >= 11 is 0. The van der Waals surface area contributed by atoms with Gasteiger partial charge in [0.2, 0.25) is 0 Å². The van der Waals surface area contributed by atoms with Gasteiger partial charge in [-0.25, -0.2) is 8.42 Å². The van der Waals surface area contributed by atoms with Gasteiger partial charge in [0.1, 0.15) is 0 Å². The van der Waals surface area contributed by atoms with Crippen LogP contribution in [0.2, 0.25) is 0 Å². The third kappa shape index (κ3) is 2.19. The normalized spacial score (nSPS) is 22.5. The molecule has 0 aromatic heterocycles. The molecule has 4 heteroatoms. The zero-order valence-corrected chi connectivity index (χ0v) is 11.5. The van der Waals surface area contributed by atoms with Gasteiger partial charge in [0, 0.05) is 19.3 Å². The van der Waals surface area contributed by atoms with Crippen molar-refractivity contribution in [1.82, 2.24) is 5.32 Å². The molecular formula is C14H19NO2S. The lowest BCUT2D eigenvalue weighted by Crippen LogP contribution is -2.60. The molecule has 0 atom stereocenters. The van der Waals surface area contributed by atoms with Crippen LogP contribution in [0.15, 0.2) is 29.2 Å². The SMILES string of the molecule is CS(=O)(=O)c1ccc(CC2CC3(CNC3)C2)cc1. The summed E-state index contributed by atoms with van der Waals surface area (Å²) in [6.07, 6.45) is 4.99. The maximum Gasteiger partial charge on any atom is 0.175 e. The quantitative estimate of drug-likeness (QED) is 0.903. The molecule has 18 heavy (non-hydrogen) atoms. The Kier molecular flexibility index (Phi) is 2.75. The fourth-order valence-electron chi connectivity index (χ4n) is 3.28. The summed E-state index contributed by atoms with van der Waals surface area (Å²) in [4.78, 5) is 0.416. The Balaban J connectivity index is 1.61. The van der Waals surface area contributed by atoms with Crippen LogP contribution in [-0.4, -0.2) is 27.8 Å². The molecule has 2 fully saturated rings. The number of hydrogen-bond acceptors (Lipinski definition) is 3. The molecule has 0 radical (unpaired) electrons. The van der Waals surface area contributed by atoms with Crippen LogP contribution in [0.3, 0.4) is 0 Å². The minimum Gasteiger partial charge on any atom is -0.316 e. The highest BCUT2D eigenvalue weighted by molar-refractivity contribution is 7.90. The van der Waals surface area contributed by atoms with Crippen molar-refractivity contribution in [2.75, 3.05) is 19.3 Å². The summed E-state index contributed by atoms with van der Waals surface area (Å²) in [6.45, 7) is 2.38. The molecule has 1 saturated carbocycles. The summed E-state index contributed by atoms with van der Waals surface area (Å²) in [6, 6.07) is 7.37. The maximum atomic E-state index is 11.4. The molecule has 1 aliphatic carbocycles. The molecule has 1 heterocycles. The molecule has 3 rings (SSSR count). The van der Waals surface area contributed by atoms with Gasteiger partial charge in [-0.1, -0.05) is 12.1 Å². The van der Waals surface area contributed by atoms with Crippen LogP contribution in [-0.2, 0) is 16.3 Å². The van der Waals surface area contributed by atoms with Gasteiger partial charge in [-0.15, -0.1) is 0 Å². The predicted molar refractivity (Wildman–Crippen MR) is 71.3 cm³/mol. The largest absolute Gasteiger partial charge is 0.316 e. The Labute approximate surface area is 109 Å². The molecule has 1 spiro atoms. The molecular weight excluding hydrogens is 246 g/mol. The Morgan fingerprint density at radius 1 is 1.22 bits per heavy atom. The topological polar surface area (TPSA) is 46.2 Å². The van der Waals surface area contributed by atoms with Crippen molar-refractivity contribution in [3.05, 3.63) is 29.8 Å². The summed E-state index contributed by atoms with van der Waals surface area (Å²) in [5.41, 5.74) is 1.88. The van der Waals surface area contributed by atoms with Crippen LogP contribution in [0, 0.1) is 11.3 Å². The van der Waals surface area contributed by atoms with Crippen molar-refractivity contribution >= 4 is 9.84 Å². The second-order valence-electron chi connectivity index (χ2n) is 6.00. The second kappa shape index (κ2) is 4.07. The molecule has 1 saturated heterocycles. The fourth-order valence-corrected chi connectivity index (χ4v) is 3.91. The smallest absolute Gasteiger partial charge is 0.175 e. The first-order valence-corrected chi connectivity index (χ1v) is 8.36. The van der Waals surface area contributed by atoms with Crippen molar-refractivity contribution in [2.24, 2.45) is 11.3 Å². The van der Waals surface area contributed by atoms with E-state index < -0.39 is 9.84 Å². The van der Waals surface area contributed by atoms with Crippen LogP contribution >= 0.6 is 0 Å². The van der Waals surface area contributed by atoms with Crippen molar-refractivity contribution in [3.63, 3.8) is 0 Å². The highest BCUT2D eigenvalue weighted by Gasteiger charge is 2.47. The number of hydrogen-bond donors (Lipinski definition) is 1. The monoisotopic (exact) mass is 265 g/mol. The average molecular weight is 265 g/mol. The van der Waals surface area contributed by atoms with E-state index in [1.165, 1.54) is 37.8 Å². The molecule has 3 nitrogen and oxygen atoms in total. The van der Waals surface area contributed by atoms with Crippen molar-refractivity contribution in [1.29, 1.82) is 0 Å². The summed E-state index contributed by atoms with van der Waals surface area (Å²) < 4.78 is 22.7. The number of nitrogens with one attached hydrogen (secondary N) is 1. The molecule has 1 aromatic carbocycles. The summed E-state index contributed by atoms with van der Waals surface area (Å²) in [5, 5.41) is 3.35. The lowest BCUT2D eigenvalue weighted by atomic mass is 9.57. The van der Waals surface area contributed by atoms with Gasteiger partial charge in [-0.05, 0) is 48.3 Å². The van der Waals surface area contributed by atoms with Gasteiger partial charge in [-0.2, -0.15) is 0 Å². The minimum absolute atomic E-state index is 0.416. The van der Waals surface area contributed by atoms with E-state index in [0.29, 0.717) is 10.3 Å². The Hall–Kier alpha value is -0.870.